The number of hydrogen-bond acceptors (Lipinski definition) is 3. The van der Waals surface area contributed by atoms with Crippen molar-refractivity contribution in [3.63, 3.8) is 0 Å². The number of nitrogens with zero attached hydrogens (tertiary/aromatic N) is 1. The first-order valence-corrected chi connectivity index (χ1v) is 6.06. The maximum atomic E-state index is 11.8. The van der Waals surface area contributed by atoms with E-state index in [2.05, 4.69) is 5.32 Å². The number of aliphatic carboxylic acids is 2. The fourth-order valence-corrected chi connectivity index (χ4v) is 1.72. The summed E-state index contributed by atoms with van der Waals surface area (Å²) in [6, 6.07) is -1.64. The van der Waals surface area contributed by atoms with Crippen LogP contribution in [0.2, 0.25) is 0 Å². The molecule has 106 valence electrons. The van der Waals surface area contributed by atoms with Gasteiger partial charge in [0.25, 0.3) is 0 Å². The number of hydrogen-bond donors (Lipinski definition) is 3. The van der Waals surface area contributed by atoms with Crippen LogP contribution in [-0.4, -0.2) is 52.2 Å². The van der Waals surface area contributed by atoms with Crippen molar-refractivity contribution < 1.29 is 24.6 Å². The molecule has 1 heterocycles. The van der Waals surface area contributed by atoms with Crippen LogP contribution >= 0.6 is 0 Å². The first-order chi connectivity index (χ1) is 8.90. The fraction of sp³-hybridized carbons (Fsp3) is 0.583. The van der Waals surface area contributed by atoms with Gasteiger partial charge in [-0.15, -0.1) is 0 Å². The number of carbonyl (C=O) groups is 3. The normalized spacial score (nSPS) is 16.5. The van der Waals surface area contributed by atoms with E-state index in [4.69, 9.17) is 10.2 Å². The second kappa shape index (κ2) is 6.77. The molecule has 3 N–H and O–H groups in total. The molecule has 2 amide bonds. The third kappa shape index (κ3) is 4.99. The lowest BCUT2D eigenvalue weighted by molar-refractivity contribution is -0.140. The van der Waals surface area contributed by atoms with Crippen molar-refractivity contribution in [3.05, 3.63) is 11.6 Å². The van der Waals surface area contributed by atoms with Crippen molar-refractivity contribution in [1.82, 2.24) is 10.2 Å². The van der Waals surface area contributed by atoms with Gasteiger partial charge in [-0.1, -0.05) is 11.6 Å². The van der Waals surface area contributed by atoms with Crippen LogP contribution in [0.5, 0.6) is 0 Å². The summed E-state index contributed by atoms with van der Waals surface area (Å²) in [4.78, 5) is 34.7. The van der Waals surface area contributed by atoms with E-state index in [0.29, 0.717) is 13.1 Å². The van der Waals surface area contributed by atoms with E-state index < -0.39 is 24.0 Å². The molecule has 0 aromatic carbocycles. The van der Waals surface area contributed by atoms with Crippen LogP contribution in [0, 0.1) is 0 Å². The number of carboxylic acids is 2. The predicted molar refractivity (Wildman–Crippen MR) is 66.8 cm³/mol. The van der Waals surface area contributed by atoms with Crippen LogP contribution in [-0.2, 0) is 9.59 Å². The molecule has 1 aliphatic heterocycles. The summed E-state index contributed by atoms with van der Waals surface area (Å²) in [5.41, 5.74) is 1.20. The maximum absolute atomic E-state index is 11.8. The van der Waals surface area contributed by atoms with Crippen molar-refractivity contribution in [1.29, 1.82) is 0 Å². The van der Waals surface area contributed by atoms with Gasteiger partial charge in [-0.05, 0) is 19.8 Å². The quantitative estimate of drug-likeness (QED) is 0.636. The maximum Gasteiger partial charge on any atom is 0.326 e. The molecule has 0 bridgehead atoms. The van der Waals surface area contributed by atoms with Gasteiger partial charge in [-0.2, -0.15) is 0 Å². The van der Waals surface area contributed by atoms with Gasteiger partial charge in [0.2, 0.25) is 0 Å². The zero-order valence-corrected chi connectivity index (χ0v) is 10.8. The van der Waals surface area contributed by atoms with Gasteiger partial charge in [-0.25, -0.2) is 9.59 Å². The van der Waals surface area contributed by atoms with Crippen molar-refractivity contribution in [3.8, 4) is 0 Å². The Labute approximate surface area is 110 Å². The highest BCUT2D eigenvalue weighted by molar-refractivity contribution is 5.83. The third-order valence-corrected chi connectivity index (χ3v) is 2.97. The van der Waals surface area contributed by atoms with E-state index in [1.807, 2.05) is 13.0 Å². The highest BCUT2D eigenvalue weighted by atomic mass is 16.4. The van der Waals surface area contributed by atoms with Crippen LogP contribution in [0.3, 0.4) is 0 Å². The van der Waals surface area contributed by atoms with Gasteiger partial charge in [0.05, 0.1) is 0 Å². The Morgan fingerprint density at radius 2 is 2.11 bits per heavy atom. The molecule has 0 unspecified atom stereocenters. The highest BCUT2D eigenvalue weighted by Gasteiger charge is 2.24. The second-order valence-electron chi connectivity index (χ2n) is 4.52. The molecule has 0 radical (unpaired) electrons. The fourth-order valence-electron chi connectivity index (χ4n) is 1.72. The van der Waals surface area contributed by atoms with E-state index in [1.165, 1.54) is 10.5 Å². The Morgan fingerprint density at radius 1 is 1.42 bits per heavy atom. The molecular formula is C12H18N2O5. The largest absolute Gasteiger partial charge is 0.481 e. The number of nitrogens with one attached hydrogen (secondary N) is 1. The van der Waals surface area contributed by atoms with E-state index >= 15 is 0 Å². The lowest BCUT2D eigenvalue weighted by atomic mass is 10.1. The molecule has 0 aromatic rings. The molecule has 7 heteroatoms. The van der Waals surface area contributed by atoms with Crippen LogP contribution in [0.25, 0.3) is 0 Å². The molecular weight excluding hydrogens is 252 g/mol. The molecule has 1 rings (SSSR count). The van der Waals surface area contributed by atoms with Gasteiger partial charge in [0, 0.05) is 19.5 Å². The zero-order valence-electron chi connectivity index (χ0n) is 10.8. The smallest absolute Gasteiger partial charge is 0.326 e. The molecule has 0 aromatic heterocycles. The molecule has 0 aliphatic carbocycles. The first kappa shape index (κ1) is 15.0. The molecule has 1 atom stereocenters. The predicted octanol–water partition coefficient (Wildman–Crippen LogP) is 0.666. The van der Waals surface area contributed by atoms with Crippen LogP contribution in [0.4, 0.5) is 4.79 Å². The van der Waals surface area contributed by atoms with Crippen LogP contribution < -0.4 is 5.32 Å². The monoisotopic (exact) mass is 270 g/mol. The van der Waals surface area contributed by atoms with E-state index in [9.17, 15) is 14.4 Å². The first-order valence-electron chi connectivity index (χ1n) is 6.06. The Morgan fingerprint density at radius 3 is 2.58 bits per heavy atom. The zero-order chi connectivity index (χ0) is 14.4. The summed E-state index contributed by atoms with van der Waals surface area (Å²) in [5.74, 6) is -2.31. The van der Waals surface area contributed by atoms with Crippen molar-refractivity contribution in [2.45, 2.75) is 32.2 Å². The Kier molecular flexibility index (Phi) is 5.35. The van der Waals surface area contributed by atoms with E-state index in [0.717, 1.165) is 6.42 Å². The molecule has 0 saturated carbocycles. The SMILES string of the molecule is CC1=CCN(C(=O)N[C@@H](CCC(=O)O)C(=O)O)CC1. The lowest BCUT2D eigenvalue weighted by Crippen LogP contribution is -2.49. The van der Waals surface area contributed by atoms with Gasteiger partial charge in [0.15, 0.2) is 0 Å². The average Bonchev–Trinajstić information content (AvgIpc) is 2.34. The van der Waals surface area contributed by atoms with E-state index in [-0.39, 0.29) is 12.8 Å². The number of urea groups is 1. The Hall–Kier alpha value is -2.05. The molecule has 7 nitrogen and oxygen atoms in total. The number of carbonyl (C=O) groups excluding carboxylic acids is 1. The minimum absolute atomic E-state index is 0.126. The van der Waals surface area contributed by atoms with Crippen LogP contribution in [0.1, 0.15) is 26.2 Å². The minimum Gasteiger partial charge on any atom is -0.481 e. The molecule has 1 aliphatic rings. The van der Waals surface area contributed by atoms with Gasteiger partial charge < -0.3 is 20.4 Å². The van der Waals surface area contributed by atoms with Gasteiger partial charge in [0.1, 0.15) is 6.04 Å². The molecule has 0 fully saturated rings. The lowest BCUT2D eigenvalue weighted by Gasteiger charge is -2.27. The minimum atomic E-state index is -1.22. The number of amides is 2. The highest BCUT2D eigenvalue weighted by Crippen LogP contribution is 2.10. The molecule has 0 saturated heterocycles. The Bertz CT molecular complexity index is 405. The third-order valence-electron chi connectivity index (χ3n) is 2.97. The summed E-state index contributed by atoms with van der Waals surface area (Å²) in [7, 11) is 0. The molecule has 19 heavy (non-hydrogen) atoms. The summed E-state index contributed by atoms with van der Waals surface area (Å²) in [5, 5.41) is 19.8. The number of rotatable bonds is 5. The van der Waals surface area contributed by atoms with E-state index in [1.54, 1.807) is 0 Å². The van der Waals surface area contributed by atoms with Crippen molar-refractivity contribution >= 4 is 18.0 Å². The number of carboxylic acid groups (broad SMARTS) is 2. The van der Waals surface area contributed by atoms with Crippen molar-refractivity contribution in [2.75, 3.05) is 13.1 Å². The Balaban J connectivity index is 2.51. The summed E-state index contributed by atoms with van der Waals surface area (Å²) < 4.78 is 0. The van der Waals surface area contributed by atoms with Gasteiger partial charge >= 0.3 is 18.0 Å². The molecule has 0 spiro atoms. The summed E-state index contributed by atoms with van der Waals surface area (Å²) >= 11 is 0. The summed E-state index contributed by atoms with van der Waals surface area (Å²) in [6.45, 7) is 2.96. The van der Waals surface area contributed by atoms with Crippen molar-refractivity contribution in [2.24, 2.45) is 0 Å². The standard InChI is InChI=1S/C12H18N2O5/c1-8-4-6-14(7-5-8)12(19)13-9(11(17)18)2-3-10(15)16/h4,9H,2-3,5-7H2,1H3,(H,13,19)(H,15,16)(H,17,18)/t9-/m0/s1. The van der Waals surface area contributed by atoms with Crippen LogP contribution in [0.15, 0.2) is 11.6 Å². The second-order valence-corrected chi connectivity index (χ2v) is 4.52. The van der Waals surface area contributed by atoms with Gasteiger partial charge in [-0.3, -0.25) is 4.79 Å². The topological polar surface area (TPSA) is 107 Å². The summed E-state index contributed by atoms with van der Waals surface area (Å²) in [6.07, 6.45) is 2.26. The average molecular weight is 270 g/mol.